The third-order valence-corrected chi connectivity index (χ3v) is 2.96. The van der Waals surface area contributed by atoms with Gasteiger partial charge in [-0.1, -0.05) is 17.4 Å². The van der Waals surface area contributed by atoms with E-state index in [2.05, 4.69) is 10.2 Å². The summed E-state index contributed by atoms with van der Waals surface area (Å²) in [6.45, 7) is 0. The summed E-state index contributed by atoms with van der Waals surface area (Å²) in [5, 5.41) is 6.99. The van der Waals surface area contributed by atoms with Gasteiger partial charge >= 0.3 is 0 Å². The standard InChI is InChI=1S/C9H6F2N2S2/c10-6-2-1-3-7(11)5(6)4-8-12-13-9(14)15-8/h1-3H,4H2,(H,13,14). The van der Waals surface area contributed by atoms with Crippen molar-refractivity contribution < 1.29 is 8.78 Å². The molecule has 0 aliphatic heterocycles. The van der Waals surface area contributed by atoms with Crippen LogP contribution in [0.25, 0.3) is 0 Å². The maximum absolute atomic E-state index is 13.2. The second kappa shape index (κ2) is 4.16. The normalized spacial score (nSPS) is 10.5. The zero-order chi connectivity index (χ0) is 10.8. The molecule has 2 rings (SSSR count). The van der Waals surface area contributed by atoms with Crippen molar-refractivity contribution >= 4 is 23.6 Å². The number of halogens is 2. The van der Waals surface area contributed by atoms with Gasteiger partial charge in [0.25, 0.3) is 0 Å². The summed E-state index contributed by atoms with van der Waals surface area (Å²) < 4.78 is 27.0. The van der Waals surface area contributed by atoms with Gasteiger partial charge in [-0.2, -0.15) is 5.10 Å². The highest BCUT2D eigenvalue weighted by Gasteiger charge is 2.10. The average molecular weight is 244 g/mol. The SMILES string of the molecule is Fc1cccc(F)c1Cc1n[nH]c(=S)s1. The van der Waals surface area contributed by atoms with E-state index >= 15 is 0 Å². The predicted octanol–water partition coefficient (Wildman–Crippen LogP) is 3.07. The van der Waals surface area contributed by atoms with E-state index < -0.39 is 11.6 Å². The van der Waals surface area contributed by atoms with Crippen molar-refractivity contribution in [2.45, 2.75) is 6.42 Å². The number of aromatic amines is 1. The molecule has 78 valence electrons. The van der Waals surface area contributed by atoms with Crippen LogP contribution >= 0.6 is 23.6 Å². The van der Waals surface area contributed by atoms with Crippen molar-refractivity contribution in [2.24, 2.45) is 0 Å². The molecular formula is C9H6F2N2S2. The molecule has 0 fully saturated rings. The van der Waals surface area contributed by atoms with Crippen molar-refractivity contribution in [1.29, 1.82) is 0 Å². The molecule has 0 atom stereocenters. The molecule has 2 aromatic rings. The van der Waals surface area contributed by atoms with Crippen molar-refractivity contribution in [1.82, 2.24) is 10.2 Å². The highest BCUT2D eigenvalue weighted by atomic mass is 32.1. The third kappa shape index (κ3) is 2.27. The van der Waals surface area contributed by atoms with Crippen LogP contribution in [0.5, 0.6) is 0 Å². The first-order valence-corrected chi connectivity index (χ1v) is 5.36. The number of aromatic nitrogens is 2. The van der Waals surface area contributed by atoms with Crippen LogP contribution < -0.4 is 0 Å². The van der Waals surface area contributed by atoms with E-state index in [9.17, 15) is 8.78 Å². The predicted molar refractivity (Wildman–Crippen MR) is 56.5 cm³/mol. The van der Waals surface area contributed by atoms with Gasteiger partial charge in [-0.25, -0.2) is 8.78 Å². The largest absolute Gasteiger partial charge is 0.258 e. The van der Waals surface area contributed by atoms with Crippen LogP contribution in [0.2, 0.25) is 0 Å². The number of nitrogens with zero attached hydrogens (tertiary/aromatic N) is 1. The number of nitrogens with one attached hydrogen (secondary N) is 1. The van der Waals surface area contributed by atoms with Gasteiger partial charge in [0, 0.05) is 12.0 Å². The Balaban J connectivity index is 2.35. The van der Waals surface area contributed by atoms with Gasteiger partial charge in [-0.3, -0.25) is 5.10 Å². The van der Waals surface area contributed by atoms with E-state index in [4.69, 9.17) is 12.2 Å². The van der Waals surface area contributed by atoms with Gasteiger partial charge in [0.15, 0.2) is 3.95 Å². The second-order valence-electron chi connectivity index (χ2n) is 2.88. The molecule has 1 aromatic heterocycles. The lowest BCUT2D eigenvalue weighted by Crippen LogP contribution is -1.96. The highest BCUT2D eigenvalue weighted by molar-refractivity contribution is 7.73. The van der Waals surface area contributed by atoms with E-state index in [-0.39, 0.29) is 12.0 Å². The smallest absolute Gasteiger partial charge is 0.176 e. The van der Waals surface area contributed by atoms with E-state index in [1.807, 2.05) is 0 Å². The molecule has 1 heterocycles. The summed E-state index contributed by atoms with van der Waals surface area (Å²) in [6, 6.07) is 3.79. The summed E-state index contributed by atoms with van der Waals surface area (Å²) >= 11 is 6.04. The zero-order valence-electron chi connectivity index (χ0n) is 7.46. The topological polar surface area (TPSA) is 28.7 Å². The molecule has 1 N–H and O–H groups in total. The van der Waals surface area contributed by atoms with Crippen molar-refractivity contribution in [3.05, 3.63) is 44.4 Å². The fourth-order valence-electron chi connectivity index (χ4n) is 1.19. The quantitative estimate of drug-likeness (QED) is 0.822. The molecular weight excluding hydrogens is 238 g/mol. The molecule has 1 aromatic carbocycles. The van der Waals surface area contributed by atoms with Gasteiger partial charge in [0.2, 0.25) is 0 Å². The highest BCUT2D eigenvalue weighted by Crippen LogP contribution is 2.17. The molecule has 0 amide bonds. The summed E-state index contributed by atoms with van der Waals surface area (Å²) in [5.74, 6) is -1.12. The van der Waals surface area contributed by atoms with Gasteiger partial charge in [-0.05, 0) is 24.4 Å². The van der Waals surface area contributed by atoms with Crippen LogP contribution in [0.3, 0.4) is 0 Å². The molecule has 0 aliphatic rings. The van der Waals surface area contributed by atoms with Crippen LogP contribution in [-0.2, 0) is 6.42 Å². The van der Waals surface area contributed by atoms with Gasteiger partial charge in [-0.15, -0.1) is 0 Å². The Labute approximate surface area is 93.6 Å². The number of hydrogen-bond donors (Lipinski definition) is 1. The molecule has 15 heavy (non-hydrogen) atoms. The van der Waals surface area contributed by atoms with Crippen LogP contribution in [0.1, 0.15) is 10.6 Å². The molecule has 0 saturated carbocycles. The summed E-state index contributed by atoms with van der Waals surface area (Å²) in [7, 11) is 0. The summed E-state index contributed by atoms with van der Waals surface area (Å²) in [4.78, 5) is 0. The lowest BCUT2D eigenvalue weighted by atomic mass is 10.1. The Morgan fingerprint density at radius 3 is 2.53 bits per heavy atom. The van der Waals surface area contributed by atoms with Crippen LogP contribution in [0, 0.1) is 15.6 Å². The first-order chi connectivity index (χ1) is 7.16. The van der Waals surface area contributed by atoms with Crippen molar-refractivity contribution in [2.75, 3.05) is 0 Å². The summed E-state index contributed by atoms with van der Waals surface area (Å²) in [6.07, 6.45) is 0.121. The first kappa shape index (κ1) is 10.4. The van der Waals surface area contributed by atoms with Gasteiger partial charge in [0.05, 0.1) is 0 Å². The lowest BCUT2D eigenvalue weighted by molar-refractivity contribution is 0.561. The zero-order valence-corrected chi connectivity index (χ0v) is 9.09. The fraction of sp³-hybridized carbons (Fsp3) is 0.111. The minimum atomic E-state index is -0.559. The number of rotatable bonds is 2. The molecule has 0 unspecified atom stereocenters. The molecule has 0 bridgehead atoms. The van der Waals surface area contributed by atoms with E-state index in [1.165, 1.54) is 29.5 Å². The Morgan fingerprint density at radius 2 is 2.00 bits per heavy atom. The van der Waals surface area contributed by atoms with E-state index in [0.29, 0.717) is 8.96 Å². The Bertz CT molecular complexity index is 513. The second-order valence-corrected chi connectivity index (χ2v) is 4.63. The molecule has 0 radical (unpaired) electrons. The van der Waals surface area contributed by atoms with Gasteiger partial charge < -0.3 is 0 Å². The monoisotopic (exact) mass is 244 g/mol. The van der Waals surface area contributed by atoms with Crippen LogP contribution in [0.4, 0.5) is 8.78 Å². The summed E-state index contributed by atoms with van der Waals surface area (Å²) in [5.41, 5.74) is 0.0234. The number of benzene rings is 1. The van der Waals surface area contributed by atoms with E-state index in [0.717, 1.165) is 0 Å². The Kier molecular flexibility index (Phi) is 2.88. The van der Waals surface area contributed by atoms with Crippen LogP contribution in [0.15, 0.2) is 18.2 Å². The van der Waals surface area contributed by atoms with Crippen molar-refractivity contribution in [3.8, 4) is 0 Å². The molecule has 6 heteroatoms. The molecule has 2 nitrogen and oxygen atoms in total. The average Bonchev–Trinajstić information content (AvgIpc) is 2.58. The van der Waals surface area contributed by atoms with Gasteiger partial charge in [0.1, 0.15) is 16.6 Å². The van der Waals surface area contributed by atoms with E-state index in [1.54, 1.807) is 0 Å². The molecule has 0 spiro atoms. The lowest BCUT2D eigenvalue weighted by Gasteiger charge is -2.01. The number of hydrogen-bond acceptors (Lipinski definition) is 3. The fourth-order valence-corrected chi connectivity index (χ4v) is 2.14. The minimum Gasteiger partial charge on any atom is -0.258 e. The van der Waals surface area contributed by atoms with Crippen LogP contribution in [-0.4, -0.2) is 10.2 Å². The maximum Gasteiger partial charge on any atom is 0.176 e. The number of H-pyrrole nitrogens is 1. The third-order valence-electron chi connectivity index (χ3n) is 1.87. The molecule has 0 aliphatic carbocycles. The minimum absolute atomic E-state index is 0.0234. The first-order valence-electron chi connectivity index (χ1n) is 4.14. The Morgan fingerprint density at radius 1 is 1.33 bits per heavy atom. The Hall–Kier alpha value is -1.14. The van der Waals surface area contributed by atoms with Crippen molar-refractivity contribution in [3.63, 3.8) is 0 Å². The molecule has 0 saturated heterocycles. The maximum atomic E-state index is 13.2.